The number of carbonyl (C=O) groups excluding carboxylic acids is 2. The van der Waals surface area contributed by atoms with Crippen molar-refractivity contribution in [2.75, 3.05) is 26.4 Å². The number of carbonyl (C=O) groups is 2. The van der Waals surface area contributed by atoms with Crippen LogP contribution in [0.3, 0.4) is 0 Å². The number of rotatable bonds is 17. The fourth-order valence-corrected chi connectivity index (χ4v) is 6.34. The van der Waals surface area contributed by atoms with Crippen molar-refractivity contribution >= 4 is 23.5 Å². The van der Waals surface area contributed by atoms with E-state index in [1.807, 2.05) is 69.3 Å². The van der Waals surface area contributed by atoms with Crippen LogP contribution in [0.4, 0.5) is 0 Å². The summed E-state index contributed by atoms with van der Waals surface area (Å²) in [5.74, 6) is 0.444. The number of benzene rings is 2. The molecule has 3 aromatic rings. The Bertz CT molecular complexity index is 1620. The fraction of sp³-hybridized carbons (Fsp3) is 0.475. The topological polar surface area (TPSA) is 117 Å². The zero-order chi connectivity index (χ0) is 36.4. The number of amides is 1. The van der Waals surface area contributed by atoms with Gasteiger partial charge >= 0.3 is 5.97 Å². The number of nitrogens with zero attached hydrogens (tertiary/aromatic N) is 2. The van der Waals surface area contributed by atoms with Gasteiger partial charge < -0.3 is 33.7 Å². The molecule has 2 aliphatic rings. The van der Waals surface area contributed by atoms with Gasteiger partial charge in [-0.3, -0.25) is 4.79 Å². The maximum Gasteiger partial charge on any atom is 0.336 e. The molecule has 11 heteroatoms. The standard InChI is InChI=1S/C40H49ClN2O8/c1-27(17-20-50-40(3,4)18-21-48-32-12-7-29(25-44)8-13-32)51-33-14-9-30(10-15-33)26-49-39(46)38-28(2)43(24-34-6-5-19-47-34)37(45)22-35(38)31-11-16-36(41)42-23-31/h7-16,23,27,34-35,44H,5-6,17-22,24-26H2,1-4H3. The number of ether oxygens (including phenoxy) is 5. The molecule has 0 spiro atoms. The average Bonchev–Trinajstić information content (AvgIpc) is 3.63. The lowest BCUT2D eigenvalue weighted by Gasteiger charge is -2.35. The summed E-state index contributed by atoms with van der Waals surface area (Å²) in [6.07, 6.45) is 4.88. The first-order valence-electron chi connectivity index (χ1n) is 17.6. The highest BCUT2D eigenvalue weighted by Gasteiger charge is 2.38. The first-order chi connectivity index (χ1) is 24.5. The summed E-state index contributed by atoms with van der Waals surface area (Å²) in [6, 6.07) is 18.4. The van der Waals surface area contributed by atoms with Gasteiger partial charge in [0.15, 0.2) is 0 Å². The summed E-state index contributed by atoms with van der Waals surface area (Å²) in [4.78, 5) is 32.9. The molecule has 1 amide bonds. The SMILES string of the molecule is CC1=C(C(=O)OCc2ccc(OC(C)CCOC(C)(C)CCOc3ccc(CO)cc3)cc2)C(c2ccc(Cl)nc2)CC(=O)N1CC1CCCO1. The molecule has 51 heavy (non-hydrogen) atoms. The van der Waals surface area contributed by atoms with Crippen LogP contribution in [0.15, 0.2) is 78.1 Å². The van der Waals surface area contributed by atoms with Gasteiger partial charge in [0.1, 0.15) is 23.3 Å². The van der Waals surface area contributed by atoms with Crippen molar-refractivity contribution in [2.24, 2.45) is 0 Å². The number of aliphatic hydroxyl groups excluding tert-OH is 1. The van der Waals surface area contributed by atoms with Crippen molar-refractivity contribution in [1.29, 1.82) is 0 Å². The molecule has 0 radical (unpaired) electrons. The second-order valence-electron chi connectivity index (χ2n) is 13.8. The van der Waals surface area contributed by atoms with Crippen LogP contribution in [0.5, 0.6) is 11.5 Å². The zero-order valence-electron chi connectivity index (χ0n) is 29.9. The Labute approximate surface area is 305 Å². The number of aliphatic hydroxyl groups is 1. The molecule has 274 valence electrons. The van der Waals surface area contributed by atoms with Gasteiger partial charge in [-0.05, 0) is 87.6 Å². The molecule has 3 heterocycles. The summed E-state index contributed by atoms with van der Waals surface area (Å²) in [7, 11) is 0. The zero-order valence-corrected chi connectivity index (χ0v) is 30.7. The average molecular weight is 721 g/mol. The van der Waals surface area contributed by atoms with Crippen LogP contribution in [-0.4, -0.2) is 71.0 Å². The maximum absolute atomic E-state index is 13.7. The van der Waals surface area contributed by atoms with Crippen molar-refractivity contribution in [1.82, 2.24) is 9.88 Å². The van der Waals surface area contributed by atoms with E-state index in [0.29, 0.717) is 55.0 Å². The van der Waals surface area contributed by atoms with E-state index in [0.717, 1.165) is 41.7 Å². The molecular formula is C40H49ClN2O8. The Morgan fingerprint density at radius 1 is 1.06 bits per heavy atom. The van der Waals surface area contributed by atoms with Crippen LogP contribution in [0.1, 0.15) is 82.4 Å². The third-order valence-electron chi connectivity index (χ3n) is 9.33. The van der Waals surface area contributed by atoms with Gasteiger partial charge in [-0.2, -0.15) is 0 Å². The number of aromatic nitrogens is 1. The van der Waals surface area contributed by atoms with Crippen LogP contribution in [-0.2, 0) is 37.0 Å². The summed E-state index contributed by atoms with van der Waals surface area (Å²) >= 11 is 6.03. The lowest BCUT2D eigenvalue weighted by molar-refractivity contribution is -0.141. The third kappa shape index (κ3) is 11.0. The third-order valence-corrected chi connectivity index (χ3v) is 9.56. The van der Waals surface area contributed by atoms with Crippen LogP contribution >= 0.6 is 11.6 Å². The Kier molecular flexibility index (Phi) is 13.5. The molecule has 1 aromatic heterocycles. The smallest absolute Gasteiger partial charge is 0.336 e. The highest BCUT2D eigenvalue weighted by Crippen LogP contribution is 2.38. The maximum atomic E-state index is 13.7. The Morgan fingerprint density at radius 3 is 2.45 bits per heavy atom. The molecule has 0 aliphatic carbocycles. The fourth-order valence-electron chi connectivity index (χ4n) is 6.23. The van der Waals surface area contributed by atoms with E-state index in [-0.39, 0.29) is 43.4 Å². The molecule has 1 saturated heterocycles. The number of hydrogen-bond acceptors (Lipinski definition) is 9. The summed E-state index contributed by atoms with van der Waals surface area (Å²) < 4.78 is 29.7. The van der Waals surface area contributed by atoms with Crippen molar-refractivity contribution in [3.8, 4) is 11.5 Å². The van der Waals surface area contributed by atoms with Gasteiger partial charge in [0.2, 0.25) is 5.91 Å². The van der Waals surface area contributed by atoms with Crippen molar-refractivity contribution in [3.63, 3.8) is 0 Å². The van der Waals surface area contributed by atoms with Gasteiger partial charge in [-0.25, -0.2) is 9.78 Å². The first-order valence-corrected chi connectivity index (χ1v) is 18.0. The van der Waals surface area contributed by atoms with E-state index < -0.39 is 11.9 Å². The Balaban J connectivity index is 1.10. The van der Waals surface area contributed by atoms with Crippen LogP contribution in [0, 0.1) is 0 Å². The molecule has 1 fully saturated rings. The molecule has 2 aliphatic heterocycles. The van der Waals surface area contributed by atoms with Crippen LogP contribution in [0.25, 0.3) is 0 Å². The molecule has 2 aromatic carbocycles. The van der Waals surface area contributed by atoms with Crippen LogP contribution < -0.4 is 9.47 Å². The lowest BCUT2D eigenvalue weighted by atomic mass is 9.84. The lowest BCUT2D eigenvalue weighted by Crippen LogP contribution is -2.42. The van der Waals surface area contributed by atoms with E-state index in [1.54, 1.807) is 30.2 Å². The number of pyridine rings is 1. The minimum absolute atomic E-state index is 0.0121. The quantitative estimate of drug-likeness (QED) is 0.115. The minimum Gasteiger partial charge on any atom is -0.493 e. The normalized spacial score (nSPS) is 18.5. The van der Waals surface area contributed by atoms with E-state index in [1.165, 1.54) is 0 Å². The predicted molar refractivity (Wildman–Crippen MR) is 193 cm³/mol. The number of halogens is 1. The Morgan fingerprint density at radius 2 is 1.78 bits per heavy atom. The van der Waals surface area contributed by atoms with Crippen molar-refractivity contribution < 1.29 is 38.4 Å². The second kappa shape index (κ2) is 18.0. The largest absolute Gasteiger partial charge is 0.493 e. The van der Waals surface area contributed by atoms with Gasteiger partial charge in [0.05, 0.1) is 49.7 Å². The molecule has 3 unspecified atom stereocenters. The summed E-state index contributed by atoms with van der Waals surface area (Å²) in [5, 5.41) is 9.53. The van der Waals surface area contributed by atoms with Gasteiger partial charge in [0.25, 0.3) is 0 Å². The molecule has 3 atom stereocenters. The summed E-state index contributed by atoms with van der Waals surface area (Å²) in [6.45, 7) is 10.1. The van der Waals surface area contributed by atoms with E-state index >= 15 is 0 Å². The Hall–Kier alpha value is -3.96. The van der Waals surface area contributed by atoms with Crippen molar-refractivity contribution in [2.45, 2.75) is 96.7 Å². The summed E-state index contributed by atoms with van der Waals surface area (Å²) in [5.41, 5.74) is 3.05. The highest BCUT2D eigenvalue weighted by molar-refractivity contribution is 6.29. The molecule has 10 nitrogen and oxygen atoms in total. The van der Waals surface area contributed by atoms with Gasteiger partial charge in [-0.15, -0.1) is 0 Å². The number of hydrogen-bond donors (Lipinski definition) is 1. The molecular weight excluding hydrogens is 672 g/mol. The molecule has 1 N–H and O–H groups in total. The number of esters is 1. The molecule has 5 rings (SSSR count). The van der Waals surface area contributed by atoms with Crippen molar-refractivity contribution in [3.05, 3.63) is 100.0 Å². The van der Waals surface area contributed by atoms with Gasteiger partial charge in [-0.1, -0.05) is 41.9 Å². The predicted octanol–water partition coefficient (Wildman–Crippen LogP) is 7.16. The van der Waals surface area contributed by atoms with Gasteiger partial charge in [0, 0.05) is 43.7 Å². The van der Waals surface area contributed by atoms with E-state index in [2.05, 4.69) is 4.98 Å². The number of allylic oxidation sites excluding steroid dienone is 1. The minimum atomic E-state index is -0.494. The molecule has 0 saturated carbocycles. The molecule has 0 bridgehead atoms. The van der Waals surface area contributed by atoms with Crippen LogP contribution in [0.2, 0.25) is 5.15 Å². The monoisotopic (exact) mass is 720 g/mol. The first kappa shape index (κ1) is 38.3. The highest BCUT2D eigenvalue weighted by atomic mass is 35.5. The second-order valence-corrected chi connectivity index (χ2v) is 14.1. The van der Waals surface area contributed by atoms with E-state index in [4.69, 9.17) is 35.3 Å². The van der Waals surface area contributed by atoms with E-state index in [9.17, 15) is 14.7 Å².